The van der Waals surface area contributed by atoms with E-state index < -0.39 is 0 Å². The molecule has 0 aliphatic heterocycles. The van der Waals surface area contributed by atoms with E-state index in [1.807, 2.05) is 19.1 Å². The molecule has 0 atom stereocenters. The number of aromatic nitrogens is 1. The summed E-state index contributed by atoms with van der Waals surface area (Å²) in [4.78, 5) is 28.5. The molecule has 1 aromatic heterocycles. The lowest BCUT2D eigenvalue weighted by Crippen LogP contribution is -2.32. The summed E-state index contributed by atoms with van der Waals surface area (Å²) >= 11 is 1.57. The maximum absolute atomic E-state index is 12.0. The summed E-state index contributed by atoms with van der Waals surface area (Å²) in [5.74, 6) is 0.0665. The van der Waals surface area contributed by atoms with Gasteiger partial charge in [0.25, 0.3) is 5.91 Å². The first-order valence-corrected chi connectivity index (χ1v) is 8.46. The van der Waals surface area contributed by atoms with Gasteiger partial charge in [-0.25, -0.2) is 4.98 Å². The minimum atomic E-state index is -0.314. The minimum absolute atomic E-state index is 0.107. The monoisotopic (exact) mass is 355 g/mol. The summed E-state index contributed by atoms with van der Waals surface area (Å²) in [6.07, 6.45) is 0. The Morgan fingerprint density at radius 1 is 1.16 bits per heavy atom. The molecule has 3 rings (SSSR count). The number of methoxy groups -OCH3 is 1. The van der Waals surface area contributed by atoms with Crippen LogP contribution in [-0.2, 0) is 4.79 Å². The van der Waals surface area contributed by atoms with Crippen molar-refractivity contribution in [1.82, 2.24) is 10.3 Å². The lowest BCUT2D eigenvalue weighted by molar-refractivity contribution is -0.115. The second-order valence-electron chi connectivity index (χ2n) is 5.37. The molecule has 2 amide bonds. The Morgan fingerprint density at radius 2 is 1.92 bits per heavy atom. The molecule has 0 fully saturated rings. The normalized spacial score (nSPS) is 10.5. The molecular weight excluding hydrogens is 338 g/mol. The molecule has 7 heteroatoms. The van der Waals surface area contributed by atoms with Gasteiger partial charge in [0.2, 0.25) is 5.91 Å². The van der Waals surface area contributed by atoms with Crippen LogP contribution in [0.15, 0.2) is 42.5 Å². The van der Waals surface area contributed by atoms with Crippen LogP contribution in [0.3, 0.4) is 0 Å². The fraction of sp³-hybridized carbons (Fsp3) is 0.167. The number of rotatable bonds is 5. The van der Waals surface area contributed by atoms with Crippen molar-refractivity contribution < 1.29 is 14.3 Å². The van der Waals surface area contributed by atoms with Gasteiger partial charge in [0.05, 0.1) is 28.9 Å². The molecule has 1 heterocycles. The van der Waals surface area contributed by atoms with Crippen LogP contribution in [0.2, 0.25) is 0 Å². The van der Waals surface area contributed by atoms with Crippen LogP contribution >= 0.6 is 11.3 Å². The molecule has 25 heavy (non-hydrogen) atoms. The van der Waals surface area contributed by atoms with Crippen molar-refractivity contribution in [2.75, 3.05) is 19.0 Å². The van der Waals surface area contributed by atoms with E-state index in [9.17, 15) is 9.59 Å². The van der Waals surface area contributed by atoms with E-state index in [2.05, 4.69) is 15.6 Å². The van der Waals surface area contributed by atoms with Gasteiger partial charge in [0.15, 0.2) is 0 Å². The summed E-state index contributed by atoms with van der Waals surface area (Å²) < 4.78 is 6.06. The molecule has 0 saturated heterocycles. The molecular formula is C18H17N3O3S. The van der Waals surface area contributed by atoms with E-state index in [-0.39, 0.29) is 18.4 Å². The summed E-state index contributed by atoms with van der Waals surface area (Å²) in [6, 6.07) is 12.2. The van der Waals surface area contributed by atoms with Crippen LogP contribution in [0.25, 0.3) is 10.2 Å². The third-order valence-electron chi connectivity index (χ3n) is 3.54. The number of carbonyl (C=O) groups excluding carboxylic acids is 2. The van der Waals surface area contributed by atoms with Gasteiger partial charge < -0.3 is 15.4 Å². The van der Waals surface area contributed by atoms with Crippen molar-refractivity contribution in [3.8, 4) is 5.75 Å². The van der Waals surface area contributed by atoms with Crippen LogP contribution < -0.4 is 15.4 Å². The average Bonchev–Trinajstić information content (AvgIpc) is 2.99. The molecule has 128 valence electrons. The molecule has 0 radical (unpaired) electrons. The lowest BCUT2D eigenvalue weighted by Gasteiger charge is -2.07. The third-order valence-corrected chi connectivity index (χ3v) is 4.47. The van der Waals surface area contributed by atoms with E-state index in [1.165, 1.54) is 0 Å². The van der Waals surface area contributed by atoms with Crippen molar-refractivity contribution in [3.05, 3.63) is 53.0 Å². The summed E-state index contributed by atoms with van der Waals surface area (Å²) in [7, 11) is 1.56. The maximum atomic E-state index is 12.0. The van der Waals surface area contributed by atoms with E-state index in [0.29, 0.717) is 17.0 Å². The molecule has 6 nitrogen and oxygen atoms in total. The number of fused-ring (bicyclic) bond motifs is 1. The SMILES string of the molecule is COc1ccc(C(=O)NCC(=O)Nc2ccc3nc(C)sc3c2)cc1. The van der Waals surface area contributed by atoms with Gasteiger partial charge in [-0.15, -0.1) is 11.3 Å². The molecule has 0 aliphatic carbocycles. The number of amides is 2. The number of carbonyl (C=O) groups is 2. The van der Waals surface area contributed by atoms with Crippen LogP contribution in [0.4, 0.5) is 5.69 Å². The fourth-order valence-corrected chi connectivity index (χ4v) is 3.19. The predicted molar refractivity (Wildman–Crippen MR) is 98.3 cm³/mol. The molecule has 0 bridgehead atoms. The Bertz CT molecular complexity index is 919. The zero-order chi connectivity index (χ0) is 17.8. The topological polar surface area (TPSA) is 80.3 Å². The van der Waals surface area contributed by atoms with Crippen molar-refractivity contribution in [2.45, 2.75) is 6.92 Å². The van der Waals surface area contributed by atoms with Crippen LogP contribution in [-0.4, -0.2) is 30.5 Å². The van der Waals surface area contributed by atoms with Crippen molar-refractivity contribution >= 4 is 39.1 Å². The number of ether oxygens (including phenoxy) is 1. The van der Waals surface area contributed by atoms with E-state index in [4.69, 9.17) is 4.74 Å². The van der Waals surface area contributed by atoms with Crippen LogP contribution in [0.1, 0.15) is 15.4 Å². The molecule has 0 spiro atoms. The first kappa shape index (κ1) is 16.9. The maximum Gasteiger partial charge on any atom is 0.251 e. The first-order chi connectivity index (χ1) is 12.0. The molecule has 2 aromatic carbocycles. The average molecular weight is 355 g/mol. The van der Waals surface area contributed by atoms with Crippen molar-refractivity contribution in [2.24, 2.45) is 0 Å². The van der Waals surface area contributed by atoms with Gasteiger partial charge in [-0.3, -0.25) is 9.59 Å². The number of thiazole rings is 1. The molecule has 0 unspecified atom stereocenters. The van der Waals surface area contributed by atoms with Crippen molar-refractivity contribution in [3.63, 3.8) is 0 Å². The van der Waals surface area contributed by atoms with Gasteiger partial charge in [-0.2, -0.15) is 0 Å². The first-order valence-electron chi connectivity index (χ1n) is 7.64. The molecule has 0 aliphatic rings. The lowest BCUT2D eigenvalue weighted by atomic mass is 10.2. The summed E-state index contributed by atoms with van der Waals surface area (Å²) in [5, 5.41) is 6.35. The Kier molecular flexibility index (Phi) is 4.95. The van der Waals surface area contributed by atoms with Crippen LogP contribution in [0.5, 0.6) is 5.75 Å². The highest BCUT2D eigenvalue weighted by Crippen LogP contribution is 2.24. The summed E-state index contributed by atoms with van der Waals surface area (Å²) in [6.45, 7) is 1.84. The van der Waals surface area contributed by atoms with Gasteiger partial charge in [0.1, 0.15) is 5.75 Å². The second kappa shape index (κ2) is 7.31. The molecule has 3 aromatic rings. The Balaban J connectivity index is 1.56. The fourth-order valence-electron chi connectivity index (χ4n) is 2.33. The summed E-state index contributed by atoms with van der Waals surface area (Å²) in [5.41, 5.74) is 2.06. The Morgan fingerprint density at radius 3 is 2.64 bits per heavy atom. The van der Waals surface area contributed by atoms with Gasteiger partial charge >= 0.3 is 0 Å². The number of aryl methyl sites for hydroxylation is 1. The van der Waals surface area contributed by atoms with E-state index >= 15 is 0 Å². The number of anilines is 1. The highest BCUT2D eigenvalue weighted by atomic mass is 32.1. The van der Waals surface area contributed by atoms with E-state index in [1.54, 1.807) is 48.8 Å². The van der Waals surface area contributed by atoms with Gasteiger partial charge in [-0.1, -0.05) is 0 Å². The zero-order valence-electron chi connectivity index (χ0n) is 13.8. The predicted octanol–water partition coefficient (Wildman–Crippen LogP) is 2.98. The number of benzene rings is 2. The number of nitrogens with zero attached hydrogens (tertiary/aromatic N) is 1. The number of hydrogen-bond donors (Lipinski definition) is 2. The highest BCUT2D eigenvalue weighted by Gasteiger charge is 2.09. The minimum Gasteiger partial charge on any atom is -0.497 e. The van der Waals surface area contributed by atoms with E-state index in [0.717, 1.165) is 15.2 Å². The van der Waals surface area contributed by atoms with Crippen molar-refractivity contribution in [1.29, 1.82) is 0 Å². The zero-order valence-corrected chi connectivity index (χ0v) is 14.6. The smallest absolute Gasteiger partial charge is 0.251 e. The van der Waals surface area contributed by atoms with Gasteiger partial charge in [-0.05, 0) is 49.4 Å². The highest BCUT2D eigenvalue weighted by molar-refractivity contribution is 7.18. The Labute approximate surface area is 148 Å². The van der Waals surface area contributed by atoms with Crippen LogP contribution in [0, 0.1) is 6.92 Å². The second-order valence-corrected chi connectivity index (χ2v) is 6.61. The van der Waals surface area contributed by atoms with Gasteiger partial charge in [0, 0.05) is 11.3 Å². The molecule has 0 saturated carbocycles. The Hall–Kier alpha value is -2.93. The molecule has 2 N–H and O–H groups in total. The quantitative estimate of drug-likeness (QED) is 0.737. The number of hydrogen-bond acceptors (Lipinski definition) is 5. The largest absolute Gasteiger partial charge is 0.497 e. The third kappa shape index (κ3) is 4.13. The standard InChI is InChI=1S/C18H17N3O3S/c1-11-20-15-8-5-13(9-16(15)25-11)21-17(22)10-19-18(23)12-3-6-14(24-2)7-4-12/h3-9H,10H2,1-2H3,(H,19,23)(H,21,22). The number of nitrogens with one attached hydrogen (secondary N) is 2.